The van der Waals surface area contributed by atoms with E-state index in [1.54, 1.807) is 6.20 Å². The lowest BCUT2D eigenvalue weighted by molar-refractivity contribution is 0.0697. The minimum Gasteiger partial charge on any atom is -0.477 e. The third kappa shape index (κ3) is 1.53. The van der Waals surface area contributed by atoms with Gasteiger partial charge in [0.1, 0.15) is 5.56 Å². The lowest BCUT2D eigenvalue weighted by Crippen LogP contribution is -1.95. The number of benzene rings is 1. The maximum absolute atomic E-state index is 11.1. The molecule has 90 valence electrons. The molecule has 6 heteroatoms. The van der Waals surface area contributed by atoms with Crippen LogP contribution in [-0.2, 0) is 0 Å². The van der Waals surface area contributed by atoms with E-state index in [9.17, 15) is 4.79 Å². The fraction of sp³-hybridized carbons (Fsp3) is 0. The predicted octanol–water partition coefficient (Wildman–Crippen LogP) is 3.28. The molecule has 2 heterocycles. The van der Waals surface area contributed by atoms with Crippen molar-refractivity contribution in [3.05, 3.63) is 40.6 Å². The van der Waals surface area contributed by atoms with Gasteiger partial charge in [0.05, 0.1) is 6.20 Å². The summed E-state index contributed by atoms with van der Waals surface area (Å²) in [5.74, 6) is -0.812. The van der Waals surface area contributed by atoms with E-state index in [1.807, 2.05) is 18.2 Å². The molecule has 3 aromatic rings. The summed E-state index contributed by atoms with van der Waals surface area (Å²) < 4.78 is 5.93. The molecule has 0 aliphatic heterocycles. The molecule has 1 aromatic carbocycles. The molecule has 0 saturated heterocycles. The van der Waals surface area contributed by atoms with Crippen molar-refractivity contribution in [1.29, 1.82) is 0 Å². The van der Waals surface area contributed by atoms with Gasteiger partial charge in [0.25, 0.3) is 0 Å². The summed E-state index contributed by atoms with van der Waals surface area (Å²) >= 11 is 3.44. The number of nitrogens with zero attached hydrogens (tertiary/aromatic N) is 1. The average Bonchev–Trinajstić information content (AvgIpc) is 2.94. The van der Waals surface area contributed by atoms with Crippen LogP contribution in [-0.4, -0.2) is 21.2 Å². The van der Waals surface area contributed by atoms with E-state index in [0.717, 1.165) is 15.4 Å². The number of carboxylic acids is 1. The third-order valence-electron chi connectivity index (χ3n) is 2.70. The van der Waals surface area contributed by atoms with Gasteiger partial charge in [0.2, 0.25) is 0 Å². The number of aromatic amines is 1. The van der Waals surface area contributed by atoms with Crippen LogP contribution >= 0.6 is 15.9 Å². The zero-order chi connectivity index (χ0) is 12.7. The van der Waals surface area contributed by atoms with Crippen molar-refractivity contribution in [2.45, 2.75) is 0 Å². The number of rotatable bonds is 2. The van der Waals surface area contributed by atoms with Crippen LogP contribution in [0.3, 0.4) is 0 Å². The van der Waals surface area contributed by atoms with Crippen molar-refractivity contribution in [3.8, 4) is 11.3 Å². The number of hydrogen-bond donors (Lipinski definition) is 2. The number of aromatic nitrogens is 2. The maximum Gasteiger partial charge on any atom is 0.341 e. The molecule has 0 radical (unpaired) electrons. The number of aromatic carboxylic acids is 1. The smallest absolute Gasteiger partial charge is 0.341 e. The second kappa shape index (κ2) is 3.99. The summed E-state index contributed by atoms with van der Waals surface area (Å²) in [5, 5.41) is 13.5. The molecule has 0 amide bonds. The molecule has 0 atom stereocenters. The normalized spacial score (nSPS) is 10.9. The standard InChI is InChI=1S/C12H7BrN2O3/c13-8-2-1-3-9-10(8)6(4-14-9)11-7(12(16)17)5-15-18-11/h1-5,14H,(H,16,17). The molecular formula is C12H7BrN2O3. The largest absolute Gasteiger partial charge is 0.477 e. The molecule has 2 N–H and O–H groups in total. The second-order valence-electron chi connectivity index (χ2n) is 3.74. The number of H-pyrrole nitrogens is 1. The van der Waals surface area contributed by atoms with Crippen LogP contribution in [0, 0.1) is 0 Å². The quantitative estimate of drug-likeness (QED) is 0.761. The Kier molecular flexibility index (Phi) is 2.45. The van der Waals surface area contributed by atoms with Gasteiger partial charge in [-0.15, -0.1) is 0 Å². The minimum atomic E-state index is -1.06. The van der Waals surface area contributed by atoms with Gasteiger partial charge in [-0.05, 0) is 12.1 Å². The number of carboxylic acid groups (broad SMARTS) is 1. The van der Waals surface area contributed by atoms with E-state index in [2.05, 4.69) is 26.1 Å². The van der Waals surface area contributed by atoms with Crippen molar-refractivity contribution in [1.82, 2.24) is 10.1 Å². The van der Waals surface area contributed by atoms with E-state index in [0.29, 0.717) is 5.56 Å². The number of hydrogen-bond acceptors (Lipinski definition) is 3. The number of nitrogens with one attached hydrogen (secondary N) is 1. The first-order valence-corrected chi connectivity index (χ1v) is 5.91. The molecule has 0 aliphatic rings. The Morgan fingerprint density at radius 3 is 3.06 bits per heavy atom. The average molecular weight is 307 g/mol. The summed E-state index contributed by atoms with van der Waals surface area (Å²) in [6.07, 6.45) is 2.91. The summed E-state index contributed by atoms with van der Waals surface area (Å²) in [6.45, 7) is 0. The second-order valence-corrected chi connectivity index (χ2v) is 4.59. The van der Waals surface area contributed by atoms with Crippen molar-refractivity contribution >= 4 is 32.8 Å². The van der Waals surface area contributed by atoms with E-state index in [4.69, 9.17) is 9.63 Å². The number of carbonyl (C=O) groups is 1. The third-order valence-corrected chi connectivity index (χ3v) is 3.36. The summed E-state index contributed by atoms with van der Waals surface area (Å²) in [5.41, 5.74) is 1.62. The molecule has 0 saturated carbocycles. The van der Waals surface area contributed by atoms with E-state index in [-0.39, 0.29) is 11.3 Å². The molecule has 2 aromatic heterocycles. The first-order chi connectivity index (χ1) is 8.68. The van der Waals surface area contributed by atoms with Gasteiger partial charge in [-0.3, -0.25) is 0 Å². The zero-order valence-corrected chi connectivity index (χ0v) is 10.6. The van der Waals surface area contributed by atoms with Gasteiger partial charge in [-0.25, -0.2) is 4.79 Å². The molecule has 0 fully saturated rings. The van der Waals surface area contributed by atoms with Crippen LogP contribution in [0.15, 0.2) is 39.6 Å². The Balaban J connectivity index is 2.32. The van der Waals surface area contributed by atoms with Gasteiger partial charge in [0.15, 0.2) is 5.76 Å². The highest BCUT2D eigenvalue weighted by atomic mass is 79.9. The highest BCUT2D eigenvalue weighted by molar-refractivity contribution is 9.10. The van der Waals surface area contributed by atoms with Crippen LogP contribution in [0.4, 0.5) is 0 Å². The van der Waals surface area contributed by atoms with Gasteiger partial charge in [0, 0.05) is 27.1 Å². The van der Waals surface area contributed by atoms with Crippen molar-refractivity contribution < 1.29 is 14.4 Å². The molecule has 0 aliphatic carbocycles. The molecule has 0 bridgehead atoms. The first-order valence-electron chi connectivity index (χ1n) is 5.12. The van der Waals surface area contributed by atoms with Crippen LogP contribution in [0.5, 0.6) is 0 Å². The van der Waals surface area contributed by atoms with E-state index in [1.165, 1.54) is 6.20 Å². The number of halogens is 1. The highest BCUT2D eigenvalue weighted by Crippen LogP contribution is 2.35. The Morgan fingerprint density at radius 2 is 2.28 bits per heavy atom. The van der Waals surface area contributed by atoms with Crippen LogP contribution in [0.2, 0.25) is 0 Å². The lowest BCUT2D eigenvalue weighted by atomic mass is 10.1. The molecule has 3 rings (SSSR count). The monoisotopic (exact) mass is 306 g/mol. The van der Waals surface area contributed by atoms with Crippen molar-refractivity contribution in [3.63, 3.8) is 0 Å². The SMILES string of the molecule is O=C(O)c1cnoc1-c1c[nH]c2cccc(Br)c12. The molecular weight excluding hydrogens is 300 g/mol. The summed E-state index contributed by atoms with van der Waals surface area (Å²) in [6, 6.07) is 5.68. The van der Waals surface area contributed by atoms with Crippen LogP contribution < -0.4 is 0 Å². The van der Waals surface area contributed by atoms with Crippen molar-refractivity contribution in [2.24, 2.45) is 0 Å². The Labute approximate surface area is 110 Å². The lowest BCUT2D eigenvalue weighted by Gasteiger charge is -1.98. The van der Waals surface area contributed by atoms with Crippen LogP contribution in [0.25, 0.3) is 22.2 Å². The Hall–Kier alpha value is -2.08. The van der Waals surface area contributed by atoms with E-state index >= 15 is 0 Å². The highest BCUT2D eigenvalue weighted by Gasteiger charge is 2.20. The molecule has 18 heavy (non-hydrogen) atoms. The maximum atomic E-state index is 11.1. The fourth-order valence-corrected chi connectivity index (χ4v) is 2.49. The minimum absolute atomic E-state index is 0.0478. The predicted molar refractivity (Wildman–Crippen MR) is 68.5 cm³/mol. The topological polar surface area (TPSA) is 79.1 Å². The van der Waals surface area contributed by atoms with Crippen LogP contribution in [0.1, 0.15) is 10.4 Å². The van der Waals surface area contributed by atoms with Gasteiger partial charge < -0.3 is 14.6 Å². The van der Waals surface area contributed by atoms with E-state index < -0.39 is 5.97 Å². The zero-order valence-electron chi connectivity index (χ0n) is 8.98. The van der Waals surface area contributed by atoms with Gasteiger partial charge in [-0.2, -0.15) is 0 Å². The Bertz CT molecular complexity index is 745. The molecule has 0 unspecified atom stereocenters. The summed E-state index contributed by atoms with van der Waals surface area (Å²) in [7, 11) is 0. The van der Waals surface area contributed by atoms with Crippen molar-refractivity contribution in [2.75, 3.05) is 0 Å². The molecule has 0 spiro atoms. The first kappa shape index (κ1) is 11.0. The fourth-order valence-electron chi connectivity index (χ4n) is 1.91. The Morgan fingerprint density at radius 1 is 1.44 bits per heavy atom. The molecule has 5 nitrogen and oxygen atoms in total. The van der Waals surface area contributed by atoms with Gasteiger partial charge >= 0.3 is 5.97 Å². The summed E-state index contributed by atoms with van der Waals surface area (Å²) in [4.78, 5) is 14.1. The number of fused-ring (bicyclic) bond motifs is 1. The van der Waals surface area contributed by atoms with Gasteiger partial charge in [-0.1, -0.05) is 27.2 Å².